The molecule has 0 saturated carbocycles. The molecule has 0 aliphatic rings. The molecule has 0 atom stereocenters. The Balaban J connectivity index is 2.54. The fourth-order valence-corrected chi connectivity index (χ4v) is 1.99. The number of halogens is 1. The van der Waals surface area contributed by atoms with Crippen molar-refractivity contribution >= 4 is 17.5 Å². The van der Waals surface area contributed by atoms with E-state index in [0.29, 0.717) is 11.6 Å². The Morgan fingerprint density at radius 2 is 2.00 bits per heavy atom. The molecule has 0 spiro atoms. The van der Waals surface area contributed by atoms with Crippen molar-refractivity contribution in [2.75, 3.05) is 19.6 Å². The van der Waals surface area contributed by atoms with Crippen LogP contribution >= 0.6 is 11.6 Å². The van der Waals surface area contributed by atoms with Gasteiger partial charge in [0, 0.05) is 18.1 Å². The predicted molar refractivity (Wildman–Crippen MR) is 80.6 cm³/mol. The molecule has 1 aromatic rings. The van der Waals surface area contributed by atoms with Crippen LogP contribution in [0.15, 0.2) is 24.3 Å². The second kappa shape index (κ2) is 7.51. The molecule has 1 aromatic carbocycles. The van der Waals surface area contributed by atoms with Crippen molar-refractivity contribution < 1.29 is 4.79 Å². The maximum Gasteiger partial charge on any atom is 0.230 e. The lowest BCUT2D eigenvalue weighted by Gasteiger charge is -2.24. The number of carbonyl (C=O) groups excluding carboxylic acids is 1. The van der Waals surface area contributed by atoms with Crippen LogP contribution in [-0.4, -0.2) is 25.5 Å². The molecule has 0 bridgehead atoms. The van der Waals surface area contributed by atoms with Gasteiger partial charge in [-0.2, -0.15) is 0 Å². The van der Waals surface area contributed by atoms with Gasteiger partial charge in [-0.25, -0.2) is 0 Å². The normalized spacial score (nSPS) is 11.4. The summed E-state index contributed by atoms with van der Waals surface area (Å²) in [5, 5.41) is 6.87. The Labute approximate surface area is 120 Å². The van der Waals surface area contributed by atoms with Gasteiger partial charge in [0.2, 0.25) is 5.91 Å². The number of hydrogen-bond donors (Lipinski definition) is 2. The highest BCUT2D eigenvalue weighted by Crippen LogP contribution is 2.25. The highest BCUT2D eigenvalue weighted by molar-refractivity contribution is 6.30. The molecule has 0 saturated heterocycles. The summed E-state index contributed by atoms with van der Waals surface area (Å²) in [5.41, 5.74) is 0.356. The standard InChI is InChI=1S/C15H23ClN2O/c1-4-8-17-9-10-18-14(19)15(2,3)12-6-5-7-13(16)11-12/h5-7,11,17H,4,8-10H2,1-3H3,(H,18,19). The number of hydrogen-bond acceptors (Lipinski definition) is 2. The van der Waals surface area contributed by atoms with E-state index in [4.69, 9.17) is 11.6 Å². The van der Waals surface area contributed by atoms with Crippen LogP contribution < -0.4 is 10.6 Å². The molecule has 4 heteroatoms. The van der Waals surface area contributed by atoms with Gasteiger partial charge in [0.05, 0.1) is 5.41 Å². The monoisotopic (exact) mass is 282 g/mol. The van der Waals surface area contributed by atoms with Gasteiger partial charge in [-0.3, -0.25) is 4.79 Å². The highest BCUT2D eigenvalue weighted by Gasteiger charge is 2.29. The van der Waals surface area contributed by atoms with Crippen molar-refractivity contribution in [3.05, 3.63) is 34.9 Å². The molecular weight excluding hydrogens is 260 g/mol. The second-order valence-electron chi connectivity index (χ2n) is 5.14. The van der Waals surface area contributed by atoms with Crippen LogP contribution in [0.3, 0.4) is 0 Å². The molecule has 3 nitrogen and oxygen atoms in total. The minimum absolute atomic E-state index is 0.0214. The molecule has 19 heavy (non-hydrogen) atoms. The maximum absolute atomic E-state index is 12.2. The van der Waals surface area contributed by atoms with E-state index in [0.717, 1.165) is 25.1 Å². The largest absolute Gasteiger partial charge is 0.354 e. The van der Waals surface area contributed by atoms with Gasteiger partial charge in [0.15, 0.2) is 0 Å². The molecular formula is C15H23ClN2O. The predicted octanol–water partition coefficient (Wildman–Crippen LogP) is 2.73. The van der Waals surface area contributed by atoms with E-state index in [2.05, 4.69) is 17.6 Å². The van der Waals surface area contributed by atoms with Crippen LogP contribution in [0.1, 0.15) is 32.8 Å². The van der Waals surface area contributed by atoms with E-state index in [9.17, 15) is 4.79 Å². The van der Waals surface area contributed by atoms with E-state index in [1.165, 1.54) is 0 Å². The zero-order valence-corrected chi connectivity index (χ0v) is 12.7. The van der Waals surface area contributed by atoms with Crippen LogP contribution in [0, 0.1) is 0 Å². The average Bonchev–Trinajstić information content (AvgIpc) is 2.38. The highest BCUT2D eigenvalue weighted by atomic mass is 35.5. The Morgan fingerprint density at radius 3 is 2.63 bits per heavy atom. The first-order valence-corrected chi connectivity index (χ1v) is 7.11. The molecule has 1 rings (SSSR count). The van der Waals surface area contributed by atoms with E-state index in [1.54, 1.807) is 0 Å². The van der Waals surface area contributed by atoms with Gasteiger partial charge in [0.1, 0.15) is 0 Å². The third kappa shape index (κ3) is 4.84. The molecule has 0 aromatic heterocycles. The Morgan fingerprint density at radius 1 is 1.26 bits per heavy atom. The minimum atomic E-state index is -0.574. The zero-order valence-electron chi connectivity index (χ0n) is 11.9. The van der Waals surface area contributed by atoms with E-state index < -0.39 is 5.41 Å². The fraction of sp³-hybridized carbons (Fsp3) is 0.533. The molecule has 0 heterocycles. The summed E-state index contributed by atoms with van der Waals surface area (Å²) in [6, 6.07) is 7.46. The van der Waals surface area contributed by atoms with Crippen molar-refractivity contribution in [2.24, 2.45) is 0 Å². The maximum atomic E-state index is 12.2. The van der Waals surface area contributed by atoms with Crippen molar-refractivity contribution in [3.63, 3.8) is 0 Å². The summed E-state index contributed by atoms with van der Waals surface area (Å²) in [5.74, 6) is 0.0214. The van der Waals surface area contributed by atoms with Crippen LogP contribution in [0.2, 0.25) is 5.02 Å². The van der Waals surface area contributed by atoms with Crippen LogP contribution in [0.4, 0.5) is 0 Å². The Kier molecular flexibility index (Phi) is 6.32. The number of rotatable bonds is 7. The first-order chi connectivity index (χ1) is 8.98. The molecule has 1 amide bonds. The SMILES string of the molecule is CCCNCCNC(=O)C(C)(C)c1cccc(Cl)c1. The quantitative estimate of drug-likeness (QED) is 0.755. The number of benzene rings is 1. The molecule has 106 valence electrons. The fourth-order valence-electron chi connectivity index (χ4n) is 1.80. The summed E-state index contributed by atoms with van der Waals surface area (Å²) in [6.07, 6.45) is 1.10. The molecule has 0 aliphatic heterocycles. The van der Waals surface area contributed by atoms with E-state index in [1.807, 2.05) is 38.1 Å². The van der Waals surface area contributed by atoms with Crippen molar-refractivity contribution in [3.8, 4) is 0 Å². The Hall–Kier alpha value is -1.06. The lowest BCUT2D eigenvalue weighted by atomic mass is 9.84. The van der Waals surface area contributed by atoms with Gasteiger partial charge in [-0.1, -0.05) is 30.7 Å². The van der Waals surface area contributed by atoms with Gasteiger partial charge in [0.25, 0.3) is 0 Å². The summed E-state index contributed by atoms with van der Waals surface area (Å²) in [4.78, 5) is 12.2. The average molecular weight is 283 g/mol. The summed E-state index contributed by atoms with van der Waals surface area (Å²) >= 11 is 5.98. The smallest absolute Gasteiger partial charge is 0.230 e. The van der Waals surface area contributed by atoms with Crippen LogP contribution in [0.5, 0.6) is 0 Å². The van der Waals surface area contributed by atoms with E-state index >= 15 is 0 Å². The third-order valence-corrected chi connectivity index (χ3v) is 3.36. The van der Waals surface area contributed by atoms with Crippen molar-refractivity contribution in [1.29, 1.82) is 0 Å². The molecule has 0 radical (unpaired) electrons. The zero-order chi connectivity index (χ0) is 14.3. The molecule has 0 aliphatic carbocycles. The van der Waals surface area contributed by atoms with E-state index in [-0.39, 0.29) is 5.91 Å². The number of carbonyl (C=O) groups is 1. The molecule has 2 N–H and O–H groups in total. The lowest BCUT2D eigenvalue weighted by Crippen LogP contribution is -2.42. The van der Waals surface area contributed by atoms with Gasteiger partial charge in [-0.05, 0) is 44.5 Å². The van der Waals surface area contributed by atoms with Gasteiger partial charge >= 0.3 is 0 Å². The summed E-state index contributed by atoms with van der Waals surface area (Å²) in [6.45, 7) is 8.36. The van der Waals surface area contributed by atoms with Gasteiger partial charge in [-0.15, -0.1) is 0 Å². The van der Waals surface area contributed by atoms with Crippen LogP contribution in [0.25, 0.3) is 0 Å². The Bertz CT molecular complexity index is 418. The second-order valence-corrected chi connectivity index (χ2v) is 5.58. The first-order valence-electron chi connectivity index (χ1n) is 6.73. The third-order valence-electron chi connectivity index (χ3n) is 3.13. The van der Waals surface area contributed by atoms with Crippen molar-refractivity contribution in [1.82, 2.24) is 10.6 Å². The summed E-state index contributed by atoms with van der Waals surface area (Å²) < 4.78 is 0. The molecule has 0 unspecified atom stereocenters. The van der Waals surface area contributed by atoms with Gasteiger partial charge < -0.3 is 10.6 Å². The number of amides is 1. The molecule has 0 fully saturated rings. The number of nitrogens with one attached hydrogen (secondary N) is 2. The first kappa shape index (κ1) is 16.0. The van der Waals surface area contributed by atoms with Crippen molar-refractivity contribution in [2.45, 2.75) is 32.6 Å². The summed E-state index contributed by atoms with van der Waals surface area (Å²) in [7, 11) is 0. The topological polar surface area (TPSA) is 41.1 Å². The lowest BCUT2D eigenvalue weighted by molar-refractivity contribution is -0.125. The van der Waals surface area contributed by atoms with Crippen LogP contribution in [-0.2, 0) is 10.2 Å². The minimum Gasteiger partial charge on any atom is -0.354 e.